The van der Waals surface area contributed by atoms with Crippen molar-refractivity contribution in [1.29, 1.82) is 0 Å². The lowest BCUT2D eigenvalue weighted by atomic mass is 10.0. The third-order valence-corrected chi connectivity index (χ3v) is 4.08. The number of carbonyl (C=O) groups is 1. The van der Waals surface area contributed by atoms with Crippen LogP contribution in [0.4, 0.5) is 0 Å². The molecule has 1 aliphatic rings. The number of nitrogens with one attached hydrogen (secondary N) is 1. The fraction of sp³-hybridized carbons (Fsp3) is 0.588. The molecule has 20 heavy (non-hydrogen) atoms. The van der Waals surface area contributed by atoms with Crippen LogP contribution in [0.3, 0.4) is 0 Å². The summed E-state index contributed by atoms with van der Waals surface area (Å²) in [6.07, 6.45) is 3.73. The largest absolute Gasteiger partial charge is 0.353 e. The Morgan fingerprint density at radius 2 is 2.00 bits per heavy atom. The second-order valence-electron chi connectivity index (χ2n) is 5.79. The van der Waals surface area contributed by atoms with E-state index < -0.39 is 0 Å². The third-order valence-electron chi connectivity index (χ3n) is 4.08. The Hall–Kier alpha value is -1.35. The van der Waals surface area contributed by atoms with Gasteiger partial charge in [0.05, 0.1) is 0 Å². The van der Waals surface area contributed by atoms with Crippen LogP contribution < -0.4 is 5.32 Å². The van der Waals surface area contributed by atoms with Gasteiger partial charge in [0.1, 0.15) is 0 Å². The van der Waals surface area contributed by atoms with E-state index >= 15 is 0 Å². The normalized spacial score (nSPS) is 17.1. The summed E-state index contributed by atoms with van der Waals surface area (Å²) < 4.78 is 0. The first-order valence-electron chi connectivity index (χ1n) is 7.75. The van der Waals surface area contributed by atoms with Crippen LogP contribution >= 0.6 is 0 Å². The summed E-state index contributed by atoms with van der Waals surface area (Å²) in [6, 6.07) is 8.97. The highest BCUT2D eigenvalue weighted by Crippen LogP contribution is 2.16. The molecule has 1 aliphatic heterocycles. The van der Waals surface area contributed by atoms with Crippen molar-refractivity contribution < 1.29 is 4.79 Å². The minimum atomic E-state index is 0.213. The molecule has 1 fully saturated rings. The molecule has 0 spiro atoms. The van der Waals surface area contributed by atoms with Crippen molar-refractivity contribution >= 4 is 5.91 Å². The van der Waals surface area contributed by atoms with Crippen molar-refractivity contribution in [3.05, 3.63) is 35.4 Å². The second kappa shape index (κ2) is 7.44. The van der Waals surface area contributed by atoms with Gasteiger partial charge in [-0.15, -0.1) is 0 Å². The molecule has 1 N–H and O–H groups in total. The first kappa shape index (κ1) is 15.0. The number of carbonyl (C=O) groups excluding carboxylic acids is 1. The predicted octanol–water partition coefficient (Wildman–Crippen LogP) is 2.88. The molecule has 1 aromatic rings. The van der Waals surface area contributed by atoms with Crippen molar-refractivity contribution in [3.8, 4) is 0 Å². The van der Waals surface area contributed by atoms with Crippen LogP contribution in [0.2, 0.25) is 0 Å². The molecule has 1 amide bonds. The smallest absolute Gasteiger partial charge is 0.220 e. The fourth-order valence-corrected chi connectivity index (χ4v) is 2.79. The number of likely N-dealkylation sites (tertiary alicyclic amines) is 1. The summed E-state index contributed by atoms with van der Waals surface area (Å²) >= 11 is 0. The lowest BCUT2D eigenvalue weighted by molar-refractivity contribution is -0.122. The third kappa shape index (κ3) is 4.34. The maximum Gasteiger partial charge on any atom is 0.220 e. The number of hydrogen-bond donors (Lipinski definition) is 1. The Kier molecular flexibility index (Phi) is 5.60. The van der Waals surface area contributed by atoms with Gasteiger partial charge in [-0.1, -0.05) is 31.2 Å². The first-order chi connectivity index (χ1) is 9.69. The predicted molar refractivity (Wildman–Crippen MR) is 82.5 cm³/mol. The molecular formula is C17H26N2O. The van der Waals surface area contributed by atoms with Crippen LogP contribution in [0.1, 0.15) is 43.7 Å². The van der Waals surface area contributed by atoms with Crippen molar-refractivity contribution in [2.75, 3.05) is 13.1 Å². The van der Waals surface area contributed by atoms with Crippen molar-refractivity contribution in [2.24, 2.45) is 0 Å². The first-order valence-corrected chi connectivity index (χ1v) is 7.75. The summed E-state index contributed by atoms with van der Waals surface area (Å²) in [5, 5.41) is 3.15. The monoisotopic (exact) mass is 274 g/mol. The van der Waals surface area contributed by atoms with Gasteiger partial charge in [0.25, 0.3) is 0 Å². The fourth-order valence-electron chi connectivity index (χ4n) is 2.79. The van der Waals surface area contributed by atoms with Crippen LogP contribution in [0.5, 0.6) is 0 Å². The highest BCUT2D eigenvalue weighted by molar-refractivity contribution is 5.76. The summed E-state index contributed by atoms with van der Waals surface area (Å²) in [5.41, 5.74) is 2.78. The molecule has 0 aromatic heterocycles. The van der Waals surface area contributed by atoms with E-state index in [4.69, 9.17) is 0 Å². The Labute approximate surface area is 122 Å². The molecule has 1 heterocycles. The molecule has 1 saturated heterocycles. The minimum absolute atomic E-state index is 0.213. The number of aryl methyl sites for hydroxylation is 1. The van der Waals surface area contributed by atoms with Crippen LogP contribution in [0.15, 0.2) is 24.3 Å². The molecular weight excluding hydrogens is 248 g/mol. The van der Waals surface area contributed by atoms with Crippen LogP contribution in [0, 0.1) is 6.92 Å². The summed E-state index contributed by atoms with van der Waals surface area (Å²) in [5.74, 6) is 0.213. The summed E-state index contributed by atoms with van der Waals surface area (Å²) in [7, 11) is 0. The van der Waals surface area contributed by atoms with E-state index in [1.54, 1.807) is 0 Å². The maximum absolute atomic E-state index is 11.6. The second-order valence-corrected chi connectivity index (χ2v) is 5.79. The highest BCUT2D eigenvalue weighted by atomic mass is 16.1. The van der Waals surface area contributed by atoms with Crippen LogP contribution in [-0.4, -0.2) is 29.9 Å². The van der Waals surface area contributed by atoms with Crippen molar-refractivity contribution in [1.82, 2.24) is 10.2 Å². The van der Waals surface area contributed by atoms with Gasteiger partial charge in [0, 0.05) is 32.1 Å². The van der Waals surface area contributed by atoms with E-state index in [0.29, 0.717) is 12.5 Å². The van der Waals surface area contributed by atoms with Crippen LogP contribution in [-0.2, 0) is 11.3 Å². The number of rotatable bonds is 5. The molecule has 0 aliphatic carbocycles. The average molecular weight is 274 g/mol. The SMILES string of the molecule is CCCC(=O)NC1CCN(Cc2ccccc2C)CC1. The lowest BCUT2D eigenvalue weighted by Crippen LogP contribution is -2.44. The van der Waals surface area contributed by atoms with Gasteiger partial charge in [-0.25, -0.2) is 0 Å². The standard InChI is InChI=1S/C17H26N2O/c1-3-6-17(20)18-16-9-11-19(12-10-16)13-15-8-5-4-7-14(15)2/h4-5,7-8,16H,3,6,9-13H2,1-2H3,(H,18,20). The summed E-state index contributed by atoms with van der Waals surface area (Å²) in [4.78, 5) is 14.1. The topological polar surface area (TPSA) is 32.3 Å². The van der Waals surface area contributed by atoms with E-state index in [-0.39, 0.29) is 5.91 Å². The highest BCUT2D eigenvalue weighted by Gasteiger charge is 2.20. The number of piperidine rings is 1. The van der Waals surface area contributed by atoms with Gasteiger partial charge in [0.15, 0.2) is 0 Å². The number of nitrogens with zero attached hydrogens (tertiary/aromatic N) is 1. The molecule has 3 nitrogen and oxygen atoms in total. The average Bonchev–Trinajstić information content (AvgIpc) is 2.44. The van der Waals surface area contributed by atoms with Gasteiger partial charge in [-0.3, -0.25) is 9.69 Å². The van der Waals surface area contributed by atoms with Crippen LogP contribution in [0.25, 0.3) is 0 Å². The van der Waals surface area contributed by atoms with Gasteiger partial charge in [-0.2, -0.15) is 0 Å². The molecule has 0 radical (unpaired) electrons. The molecule has 0 unspecified atom stereocenters. The number of hydrogen-bond acceptors (Lipinski definition) is 2. The molecule has 3 heteroatoms. The van der Waals surface area contributed by atoms with E-state index in [2.05, 4.69) is 41.4 Å². The number of amides is 1. The maximum atomic E-state index is 11.6. The zero-order valence-corrected chi connectivity index (χ0v) is 12.7. The van der Waals surface area contributed by atoms with E-state index in [1.165, 1.54) is 11.1 Å². The Balaban J connectivity index is 1.77. The molecule has 1 aromatic carbocycles. The molecule has 0 bridgehead atoms. The molecule has 0 saturated carbocycles. The summed E-state index contributed by atoms with van der Waals surface area (Å²) in [6.45, 7) is 7.40. The van der Waals surface area contributed by atoms with Gasteiger partial charge in [-0.05, 0) is 37.3 Å². The Bertz CT molecular complexity index is 436. The zero-order chi connectivity index (χ0) is 14.4. The lowest BCUT2D eigenvalue weighted by Gasteiger charge is -2.32. The minimum Gasteiger partial charge on any atom is -0.353 e. The van der Waals surface area contributed by atoms with E-state index in [9.17, 15) is 4.79 Å². The van der Waals surface area contributed by atoms with Crippen molar-refractivity contribution in [2.45, 2.75) is 52.1 Å². The quantitative estimate of drug-likeness (QED) is 0.895. The zero-order valence-electron chi connectivity index (χ0n) is 12.7. The molecule has 0 atom stereocenters. The van der Waals surface area contributed by atoms with Gasteiger partial charge in [0.2, 0.25) is 5.91 Å². The molecule has 110 valence electrons. The Morgan fingerprint density at radius 1 is 1.30 bits per heavy atom. The van der Waals surface area contributed by atoms with E-state index in [0.717, 1.165) is 38.9 Å². The molecule has 2 rings (SSSR count). The Morgan fingerprint density at radius 3 is 2.65 bits per heavy atom. The van der Waals surface area contributed by atoms with E-state index in [1.807, 2.05) is 6.92 Å². The van der Waals surface area contributed by atoms with Gasteiger partial charge >= 0.3 is 0 Å². The number of benzene rings is 1. The van der Waals surface area contributed by atoms with Gasteiger partial charge < -0.3 is 5.32 Å². The van der Waals surface area contributed by atoms with Crippen molar-refractivity contribution in [3.63, 3.8) is 0 Å².